The maximum absolute atomic E-state index is 5.91. The van der Waals surface area contributed by atoms with Crippen LogP contribution < -0.4 is 15.4 Å². The van der Waals surface area contributed by atoms with Gasteiger partial charge in [-0.25, -0.2) is 4.99 Å². The summed E-state index contributed by atoms with van der Waals surface area (Å²) in [7, 11) is 0. The van der Waals surface area contributed by atoms with Crippen molar-refractivity contribution in [2.24, 2.45) is 4.99 Å². The van der Waals surface area contributed by atoms with Crippen molar-refractivity contribution in [1.29, 1.82) is 0 Å². The molecule has 2 bridgehead atoms. The largest absolute Gasteiger partial charge is 0.494 e. The Bertz CT molecular complexity index is 553. The van der Waals surface area contributed by atoms with Crippen LogP contribution >= 0.6 is 24.0 Å². The van der Waals surface area contributed by atoms with E-state index in [2.05, 4.69) is 23.6 Å². The van der Waals surface area contributed by atoms with Crippen molar-refractivity contribution in [3.05, 3.63) is 29.8 Å². The quantitative estimate of drug-likeness (QED) is 0.402. The summed E-state index contributed by atoms with van der Waals surface area (Å²) < 4.78 is 11.6. The summed E-state index contributed by atoms with van der Waals surface area (Å²) in [5.41, 5.74) is 1.11. The highest BCUT2D eigenvalue weighted by atomic mass is 127. The average Bonchev–Trinajstić information content (AvgIpc) is 3.17. The molecule has 3 atom stereocenters. The van der Waals surface area contributed by atoms with Gasteiger partial charge in [-0.15, -0.1) is 24.0 Å². The van der Waals surface area contributed by atoms with E-state index in [1.54, 1.807) is 0 Å². The van der Waals surface area contributed by atoms with Gasteiger partial charge in [0.2, 0.25) is 0 Å². The number of para-hydroxylation sites is 1. The Morgan fingerprint density at radius 3 is 2.79 bits per heavy atom. The zero-order valence-corrected chi connectivity index (χ0v) is 16.8. The third kappa shape index (κ3) is 4.75. The molecule has 3 rings (SSSR count). The number of hydrogen-bond donors (Lipinski definition) is 2. The summed E-state index contributed by atoms with van der Waals surface area (Å²) >= 11 is 0. The number of nitrogens with one attached hydrogen (secondary N) is 2. The fourth-order valence-electron chi connectivity index (χ4n) is 3.38. The van der Waals surface area contributed by atoms with Crippen molar-refractivity contribution in [2.45, 2.75) is 57.9 Å². The van der Waals surface area contributed by atoms with Gasteiger partial charge in [0.1, 0.15) is 5.75 Å². The maximum Gasteiger partial charge on any atom is 0.191 e. The summed E-state index contributed by atoms with van der Waals surface area (Å²) in [4.78, 5) is 4.73. The molecular formula is C18H28IN3O2. The van der Waals surface area contributed by atoms with Gasteiger partial charge in [0, 0.05) is 12.1 Å². The predicted molar refractivity (Wildman–Crippen MR) is 107 cm³/mol. The van der Waals surface area contributed by atoms with Gasteiger partial charge < -0.3 is 20.1 Å². The minimum absolute atomic E-state index is 0. The number of fused-ring (bicyclic) bond motifs is 2. The second kappa shape index (κ2) is 9.46. The summed E-state index contributed by atoms with van der Waals surface area (Å²) in [6.07, 6.45) is 4.25. The molecule has 0 radical (unpaired) electrons. The van der Waals surface area contributed by atoms with E-state index in [0.717, 1.165) is 36.7 Å². The fraction of sp³-hybridized carbons (Fsp3) is 0.611. The van der Waals surface area contributed by atoms with E-state index < -0.39 is 0 Å². The Balaban J connectivity index is 0.00000208. The second-order valence-electron chi connectivity index (χ2n) is 6.10. The molecule has 0 aromatic heterocycles. The molecule has 0 aliphatic carbocycles. The summed E-state index contributed by atoms with van der Waals surface area (Å²) in [5.74, 6) is 1.78. The van der Waals surface area contributed by atoms with Gasteiger partial charge in [-0.3, -0.25) is 0 Å². The minimum Gasteiger partial charge on any atom is -0.494 e. The Labute approximate surface area is 161 Å². The molecule has 2 saturated heterocycles. The van der Waals surface area contributed by atoms with Crippen LogP contribution in [0, 0.1) is 0 Å². The number of nitrogens with zero attached hydrogens (tertiary/aromatic N) is 1. The Morgan fingerprint density at radius 2 is 2.12 bits per heavy atom. The first-order valence-corrected chi connectivity index (χ1v) is 8.71. The molecule has 0 saturated carbocycles. The highest BCUT2D eigenvalue weighted by Gasteiger charge is 2.41. The molecule has 2 fully saturated rings. The van der Waals surface area contributed by atoms with Crippen molar-refractivity contribution >= 4 is 29.9 Å². The number of ether oxygens (including phenoxy) is 2. The van der Waals surface area contributed by atoms with E-state index in [1.165, 1.54) is 6.42 Å². The van der Waals surface area contributed by atoms with Gasteiger partial charge in [0.05, 0.1) is 31.4 Å². The van der Waals surface area contributed by atoms with E-state index in [0.29, 0.717) is 31.4 Å². The average molecular weight is 445 g/mol. The Kier molecular flexibility index (Phi) is 7.61. The number of rotatable bonds is 6. The third-order valence-electron chi connectivity index (χ3n) is 4.45. The van der Waals surface area contributed by atoms with E-state index >= 15 is 0 Å². The number of guanidine groups is 1. The van der Waals surface area contributed by atoms with Crippen LogP contribution in [0.25, 0.3) is 0 Å². The molecule has 1 aromatic carbocycles. The molecular weight excluding hydrogens is 417 g/mol. The summed E-state index contributed by atoms with van der Waals surface area (Å²) in [6.45, 7) is 6.21. The zero-order valence-electron chi connectivity index (χ0n) is 14.5. The predicted octanol–water partition coefficient (Wildman–Crippen LogP) is 3.08. The van der Waals surface area contributed by atoms with Gasteiger partial charge in [-0.1, -0.05) is 18.2 Å². The van der Waals surface area contributed by atoms with Gasteiger partial charge in [0.15, 0.2) is 5.96 Å². The van der Waals surface area contributed by atoms with Crippen LogP contribution in [-0.4, -0.2) is 37.4 Å². The normalized spacial score (nSPS) is 25.2. The number of aliphatic imine (C=N–C) groups is 1. The summed E-state index contributed by atoms with van der Waals surface area (Å²) in [6, 6.07) is 8.47. The SMILES string of the molecule is CCNC(=NCc1ccccc1OCC)NC1CC2CCC1O2.I. The lowest BCUT2D eigenvalue weighted by molar-refractivity contribution is 0.0992. The van der Waals surface area contributed by atoms with E-state index in [-0.39, 0.29) is 24.0 Å². The molecule has 134 valence electrons. The number of benzene rings is 1. The van der Waals surface area contributed by atoms with Gasteiger partial charge in [-0.05, 0) is 39.2 Å². The highest BCUT2D eigenvalue weighted by Crippen LogP contribution is 2.34. The topological polar surface area (TPSA) is 54.9 Å². The summed E-state index contributed by atoms with van der Waals surface area (Å²) in [5, 5.41) is 6.88. The van der Waals surface area contributed by atoms with Crippen molar-refractivity contribution in [3.8, 4) is 5.75 Å². The second-order valence-corrected chi connectivity index (χ2v) is 6.10. The van der Waals surface area contributed by atoms with Crippen molar-refractivity contribution < 1.29 is 9.47 Å². The molecule has 5 nitrogen and oxygen atoms in total. The smallest absolute Gasteiger partial charge is 0.191 e. The molecule has 6 heteroatoms. The van der Waals surface area contributed by atoms with Crippen LogP contribution in [0.4, 0.5) is 0 Å². The van der Waals surface area contributed by atoms with Gasteiger partial charge in [-0.2, -0.15) is 0 Å². The molecule has 0 amide bonds. The number of hydrogen-bond acceptors (Lipinski definition) is 3. The Morgan fingerprint density at radius 1 is 1.29 bits per heavy atom. The van der Waals surface area contributed by atoms with E-state index in [1.807, 2.05) is 25.1 Å². The number of halogens is 1. The van der Waals surface area contributed by atoms with Crippen molar-refractivity contribution in [1.82, 2.24) is 10.6 Å². The molecule has 3 unspecified atom stereocenters. The van der Waals surface area contributed by atoms with Gasteiger partial charge in [0.25, 0.3) is 0 Å². The lowest BCUT2D eigenvalue weighted by atomic mass is 9.96. The monoisotopic (exact) mass is 445 g/mol. The van der Waals surface area contributed by atoms with E-state index in [9.17, 15) is 0 Å². The fourth-order valence-corrected chi connectivity index (χ4v) is 3.38. The maximum atomic E-state index is 5.91. The van der Waals surface area contributed by atoms with Crippen LogP contribution in [-0.2, 0) is 11.3 Å². The van der Waals surface area contributed by atoms with Gasteiger partial charge >= 0.3 is 0 Å². The lowest BCUT2D eigenvalue weighted by Gasteiger charge is -2.22. The van der Waals surface area contributed by atoms with Crippen LogP contribution in [0.15, 0.2) is 29.3 Å². The third-order valence-corrected chi connectivity index (χ3v) is 4.45. The molecule has 2 heterocycles. The molecule has 0 spiro atoms. The lowest BCUT2D eigenvalue weighted by Crippen LogP contribution is -2.47. The Hall–Kier alpha value is -1.02. The zero-order chi connectivity index (χ0) is 16.1. The molecule has 1 aromatic rings. The standard InChI is InChI=1S/C18H27N3O2.HI/c1-3-19-18(21-15-11-14-9-10-17(15)23-14)20-12-13-7-5-6-8-16(13)22-4-2;/h5-8,14-15,17H,3-4,9-12H2,1-2H3,(H2,19,20,21);1H. The van der Waals surface area contributed by atoms with E-state index in [4.69, 9.17) is 14.5 Å². The molecule has 24 heavy (non-hydrogen) atoms. The van der Waals surface area contributed by atoms with Crippen LogP contribution in [0.3, 0.4) is 0 Å². The first-order valence-electron chi connectivity index (χ1n) is 8.71. The molecule has 2 aliphatic rings. The first-order chi connectivity index (χ1) is 11.3. The van der Waals surface area contributed by atoms with Crippen LogP contribution in [0.2, 0.25) is 0 Å². The molecule has 2 N–H and O–H groups in total. The van der Waals surface area contributed by atoms with Crippen molar-refractivity contribution in [3.63, 3.8) is 0 Å². The van der Waals surface area contributed by atoms with Crippen LogP contribution in [0.5, 0.6) is 5.75 Å². The van der Waals surface area contributed by atoms with Crippen LogP contribution in [0.1, 0.15) is 38.7 Å². The van der Waals surface area contributed by atoms with Crippen molar-refractivity contribution in [2.75, 3.05) is 13.2 Å². The first kappa shape index (κ1) is 19.3. The minimum atomic E-state index is 0. The molecule has 2 aliphatic heterocycles. The highest BCUT2D eigenvalue weighted by molar-refractivity contribution is 14.0.